The summed E-state index contributed by atoms with van der Waals surface area (Å²) in [5, 5.41) is 0.870. The van der Waals surface area contributed by atoms with Gasteiger partial charge in [-0.2, -0.15) is 0 Å². The summed E-state index contributed by atoms with van der Waals surface area (Å²) < 4.78 is 0. The molecule has 0 fully saturated rings. The monoisotopic (exact) mass is 373 g/mol. The van der Waals surface area contributed by atoms with E-state index in [1.165, 1.54) is 17.3 Å². The summed E-state index contributed by atoms with van der Waals surface area (Å²) in [5.41, 5.74) is 6.28. The third-order valence-electron chi connectivity index (χ3n) is 4.31. The van der Waals surface area contributed by atoms with Crippen molar-refractivity contribution in [2.45, 2.75) is 20.8 Å². The molecule has 0 saturated heterocycles. The molecule has 0 bridgehead atoms. The van der Waals surface area contributed by atoms with Gasteiger partial charge in [-0.25, -0.2) is 4.99 Å². The molecule has 3 aromatic rings. The number of carbonyl (C=O) groups excluding carboxylic acids is 1. The Labute approximate surface area is 165 Å². The number of aryl methyl sites for hydroxylation is 3. The third kappa shape index (κ3) is 4.95. The molecular weight excluding hydrogens is 350 g/mol. The van der Waals surface area contributed by atoms with Crippen LogP contribution in [0.25, 0.3) is 0 Å². The van der Waals surface area contributed by atoms with Gasteiger partial charge in [-0.15, -0.1) is 0 Å². The van der Waals surface area contributed by atoms with Crippen molar-refractivity contribution in [3.05, 3.63) is 101 Å². The summed E-state index contributed by atoms with van der Waals surface area (Å²) in [6, 6.07) is 23.8. The van der Waals surface area contributed by atoms with Crippen LogP contribution in [-0.2, 0) is 0 Å². The van der Waals surface area contributed by atoms with Gasteiger partial charge in [0.1, 0.15) is 5.04 Å². The van der Waals surface area contributed by atoms with Gasteiger partial charge >= 0.3 is 0 Å². The van der Waals surface area contributed by atoms with E-state index < -0.39 is 0 Å². The maximum atomic E-state index is 12.5. The number of benzene rings is 3. The van der Waals surface area contributed by atoms with Crippen LogP contribution in [0.3, 0.4) is 0 Å². The zero-order valence-corrected chi connectivity index (χ0v) is 16.7. The lowest BCUT2D eigenvalue weighted by Gasteiger charge is -2.11. The molecular formula is C24H23NOS. The molecule has 136 valence electrons. The largest absolute Gasteiger partial charge is 0.293 e. The zero-order valence-electron chi connectivity index (χ0n) is 15.9. The third-order valence-corrected chi connectivity index (χ3v) is 5.31. The highest BCUT2D eigenvalue weighted by Gasteiger charge is 2.12. The highest BCUT2D eigenvalue weighted by atomic mass is 32.2. The van der Waals surface area contributed by atoms with Crippen LogP contribution >= 0.6 is 11.8 Å². The van der Waals surface area contributed by atoms with Crippen molar-refractivity contribution in [2.75, 3.05) is 5.75 Å². The standard InChI is InChI=1S/C24H23NOS/c1-17-14-18(2)23(19(3)15-17)25-24(21-12-8-5-9-13-21)27-16-22(26)20-10-6-4-7-11-20/h4-15H,16H2,1-3H3. The van der Waals surface area contributed by atoms with Gasteiger partial charge in [0, 0.05) is 11.1 Å². The second kappa shape index (κ2) is 8.83. The first-order chi connectivity index (χ1) is 13.0. The summed E-state index contributed by atoms with van der Waals surface area (Å²) in [7, 11) is 0. The number of hydrogen-bond acceptors (Lipinski definition) is 3. The number of carbonyl (C=O) groups is 1. The molecule has 0 aliphatic carbocycles. The van der Waals surface area contributed by atoms with Crippen LogP contribution in [0.2, 0.25) is 0 Å². The van der Waals surface area contributed by atoms with E-state index in [1.54, 1.807) is 0 Å². The molecule has 0 spiro atoms. The van der Waals surface area contributed by atoms with Gasteiger partial charge in [0.15, 0.2) is 5.78 Å². The molecule has 0 radical (unpaired) electrons. The van der Waals surface area contributed by atoms with Crippen LogP contribution in [0.1, 0.15) is 32.6 Å². The maximum Gasteiger partial charge on any atom is 0.173 e. The number of ketones is 1. The normalized spacial score (nSPS) is 11.4. The van der Waals surface area contributed by atoms with E-state index in [1.807, 2.05) is 60.7 Å². The van der Waals surface area contributed by atoms with Crippen LogP contribution < -0.4 is 0 Å². The summed E-state index contributed by atoms with van der Waals surface area (Å²) >= 11 is 1.49. The molecule has 0 amide bonds. The molecule has 0 N–H and O–H groups in total. The van der Waals surface area contributed by atoms with Gasteiger partial charge in [0.25, 0.3) is 0 Å². The first-order valence-electron chi connectivity index (χ1n) is 8.97. The minimum Gasteiger partial charge on any atom is -0.293 e. The fourth-order valence-corrected chi connectivity index (χ4v) is 3.95. The molecule has 0 saturated carbocycles. The first-order valence-corrected chi connectivity index (χ1v) is 9.96. The predicted molar refractivity (Wildman–Crippen MR) is 117 cm³/mol. The first kappa shape index (κ1) is 19.1. The molecule has 0 heterocycles. The Bertz CT molecular complexity index is 939. The zero-order chi connectivity index (χ0) is 19.2. The Kier molecular flexibility index (Phi) is 6.25. The van der Waals surface area contributed by atoms with Gasteiger partial charge in [-0.1, -0.05) is 90.1 Å². The minimum atomic E-state index is 0.113. The summed E-state index contributed by atoms with van der Waals surface area (Å²) in [6.45, 7) is 6.27. The fraction of sp³-hybridized carbons (Fsp3) is 0.167. The van der Waals surface area contributed by atoms with Crippen molar-refractivity contribution in [1.29, 1.82) is 0 Å². The fourth-order valence-electron chi connectivity index (χ4n) is 3.05. The quantitative estimate of drug-likeness (QED) is 0.298. The van der Waals surface area contributed by atoms with Crippen molar-refractivity contribution >= 4 is 28.3 Å². The molecule has 3 aromatic carbocycles. The van der Waals surface area contributed by atoms with Gasteiger partial charge < -0.3 is 0 Å². The Hall–Kier alpha value is -2.65. The van der Waals surface area contributed by atoms with E-state index in [0.717, 1.165) is 33.0 Å². The van der Waals surface area contributed by atoms with Crippen LogP contribution in [0.4, 0.5) is 5.69 Å². The number of aliphatic imine (C=N–C) groups is 1. The lowest BCUT2D eigenvalue weighted by molar-refractivity contribution is 0.102. The summed E-state index contributed by atoms with van der Waals surface area (Å²) in [6.07, 6.45) is 0. The van der Waals surface area contributed by atoms with Gasteiger partial charge in [-0.05, 0) is 31.9 Å². The molecule has 3 heteroatoms. The van der Waals surface area contributed by atoms with Crippen LogP contribution in [0.15, 0.2) is 77.8 Å². The molecule has 0 aliphatic heterocycles. The minimum absolute atomic E-state index is 0.113. The number of Topliss-reactive ketones (excluding diaryl/α,β-unsaturated/α-hetero) is 1. The Morgan fingerprint density at radius 2 is 1.33 bits per heavy atom. The van der Waals surface area contributed by atoms with E-state index in [9.17, 15) is 4.79 Å². The van der Waals surface area contributed by atoms with E-state index >= 15 is 0 Å². The molecule has 0 unspecified atom stereocenters. The van der Waals surface area contributed by atoms with Crippen molar-refractivity contribution in [2.24, 2.45) is 4.99 Å². The number of nitrogens with zero attached hydrogens (tertiary/aromatic N) is 1. The summed E-state index contributed by atoms with van der Waals surface area (Å²) in [4.78, 5) is 17.5. The average molecular weight is 374 g/mol. The average Bonchev–Trinajstić information content (AvgIpc) is 2.68. The van der Waals surface area contributed by atoms with Gasteiger partial charge in [-0.3, -0.25) is 4.79 Å². The SMILES string of the molecule is Cc1cc(C)c(N=C(SCC(=O)c2ccccc2)c2ccccc2)c(C)c1. The Morgan fingerprint density at radius 3 is 1.89 bits per heavy atom. The van der Waals surface area contributed by atoms with Crippen molar-refractivity contribution in [1.82, 2.24) is 0 Å². The molecule has 0 aliphatic rings. The smallest absolute Gasteiger partial charge is 0.173 e. The van der Waals surface area contributed by atoms with Crippen molar-refractivity contribution < 1.29 is 4.79 Å². The number of hydrogen-bond donors (Lipinski definition) is 0. The lowest BCUT2D eigenvalue weighted by Crippen LogP contribution is -2.06. The Morgan fingerprint density at radius 1 is 0.815 bits per heavy atom. The second-order valence-electron chi connectivity index (χ2n) is 6.61. The number of rotatable bonds is 5. The molecule has 27 heavy (non-hydrogen) atoms. The van der Waals surface area contributed by atoms with Crippen LogP contribution in [0.5, 0.6) is 0 Å². The molecule has 2 nitrogen and oxygen atoms in total. The van der Waals surface area contributed by atoms with E-state index in [2.05, 4.69) is 32.9 Å². The number of thioether (sulfide) groups is 1. The summed E-state index contributed by atoms with van der Waals surface area (Å²) in [5.74, 6) is 0.475. The molecule has 0 atom stereocenters. The van der Waals surface area contributed by atoms with Gasteiger partial charge in [0.2, 0.25) is 0 Å². The topological polar surface area (TPSA) is 29.4 Å². The van der Waals surface area contributed by atoms with Crippen molar-refractivity contribution in [3.8, 4) is 0 Å². The van der Waals surface area contributed by atoms with Crippen LogP contribution in [-0.4, -0.2) is 16.6 Å². The maximum absolute atomic E-state index is 12.5. The van der Waals surface area contributed by atoms with E-state index in [-0.39, 0.29) is 5.78 Å². The van der Waals surface area contributed by atoms with E-state index in [4.69, 9.17) is 4.99 Å². The Balaban J connectivity index is 1.92. The highest BCUT2D eigenvalue weighted by Crippen LogP contribution is 2.28. The molecule has 0 aromatic heterocycles. The predicted octanol–water partition coefficient (Wildman–Crippen LogP) is 6.31. The van der Waals surface area contributed by atoms with Crippen LogP contribution in [0, 0.1) is 20.8 Å². The van der Waals surface area contributed by atoms with Gasteiger partial charge in [0.05, 0.1) is 11.4 Å². The van der Waals surface area contributed by atoms with Crippen molar-refractivity contribution in [3.63, 3.8) is 0 Å². The van der Waals surface area contributed by atoms with E-state index in [0.29, 0.717) is 5.75 Å². The lowest BCUT2D eigenvalue weighted by atomic mass is 10.1. The highest BCUT2D eigenvalue weighted by molar-refractivity contribution is 8.15. The molecule has 3 rings (SSSR count). The second-order valence-corrected chi connectivity index (χ2v) is 7.57.